The van der Waals surface area contributed by atoms with Crippen molar-refractivity contribution >= 4 is 0 Å². The zero-order chi connectivity index (χ0) is 14.0. The molecule has 2 rings (SSSR count). The van der Waals surface area contributed by atoms with Crippen LogP contribution in [-0.2, 0) is 39.8 Å². The Labute approximate surface area is 144 Å². The SMILES string of the molecule is CCOc1ccc(-c2[c-]cc(C)c(=O)n2C)c(C)c1.[Y]. The van der Waals surface area contributed by atoms with Gasteiger partial charge in [0, 0.05) is 39.8 Å². The van der Waals surface area contributed by atoms with Gasteiger partial charge in [-0.05, 0) is 19.1 Å². The van der Waals surface area contributed by atoms with E-state index in [-0.39, 0.29) is 38.3 Å². The van der Waals surface area contributed by atoms with Crippen LogP contribution in [-0.4, -0.2) is 11.2 Å². The van der Waals surface area contributed by atoms with Gasteiger partial charge in [0.15, 0.2) is 5.56 Å². The molecule has 0 bridgehead atoms. The van der Waals surface area contributed by atoms with Crippen LogP contribution in [0.15, 0.2) is 29.1 Å². The normalized spacial score (nSPS) is 10.0. The summed E-state index contributed by atoms with van der Waals surface area (Å²) >= 11 is 0. The van der Waals surface area contributed by atoms with Crippen molar-refractivity contribution in [2.75, 3.05) is 6.61 Å². The number of ether oxygens (including phenoxy) is 1. The molecule has 0 saturated heterocycles. The third kappa shape index (κ3) is 3.39. The molecule has 4 heteroatoms. The van der Waals surface area contributed by atoms with Gasteiger partial charge in [-0.1, -0.05) is 36.2 Å². The van der Waals surface area contributed by atoms with E-state index in [0.717, 1.165) is 22.6 Å². The van der Waals surface area contributed by atoms with Crippen molar-refractivity contribution < 1.29 is 37.4 Å². The average Bonchev–Trinajstić information content (AvgIpc) is 2.38. The van der Waals surface area contributed by atoms with Crippen LogP contribution in [0, 0.1) is 19.9 Å². The van der Waals surface area contributed by atoms with Crippen molar-refractivity contribution in [1.82, 2.24) is 4.57 Å². The molecular weight excluding hydrogens is 327 g/mol. The summed E-state index contributed by atoms with van der Waals surface area (Å²) in [5, 5.41) is 0. The summed E-state index contributed by atoms with van der Waals surface area (Å²) in [5.74, 6) is 0.848. The molecule has 1 aromatic carbocycles. The largest absolute Gasteiger partial charge is 0.494 e. The van der Waals surface area contributed by atoms with Gasteiger partial charge < -0.3 is 9.30 Å². The van der Waals surface area contributed by atoms with E-state index in [2.05, 4.69) is 6.07 Å². The quantitative estimate of drug-likeness (QED) is 0.801. The van der Waals surface area contributed by atoms with Crippen LogP contribution in [0.1, 0.15) is 18.1 Å². The van der Waals surface area contributed by atoms with E-state index in [1.54, 1.807) is 24.6 Å². The van der Waals surface area contributed by atoms with E-state index >= 15 is 0 Å². The maximum Gasteiger partial charge on any atom is 0.197 e. The zero-order valence-electron chi connectivity index (χ0n) is 12.4. The van der Waals surface area contributed by atoms with Gasteiger partial charge in [-0.25, -0.2) is 0 Å². The van der Waals surface area contributed by atoms with Crippen LogP contribution < -0.4 is 10.3 Å². The molecule has 0 aliphatic carbocycles. The van der Waals surface area contributed by atoms with Crippen LogP contribution in [0.3, 0.4) is 0 Å². The predicted molar refractivity (Wildman–Crippen MR) is 76.6 cm³/mol. The summed E-state index contributed by atoms with van der Waals surface area (Å²) < 4.78 is 7.11. The first kappa shape index (κ1) is 17.1. The number of pyridine rings is 1. The molecule has 0 aliphatic rings. The molecule has 1 radical (unpaired) electrons. The fourth-order valence-electron chi connectivity index (χ4n) is 2.12. The molecule has 0 spiro atoms. The minimum absolute atomic E-state index is 0. The average molecular weight is 345 g/mol. The smallest absolute Gasteiger partial charge is 0.197 e. The summed E-state index contributed by atoms with van der Waals surface area (Å²) in [7, 11) is 1.77. The zero-order valence-corrected chi connectivity index (χ0v) is 15.2. The molecule has 0 amide bonds. The molecule has 0 N–H and O–H groups in total. The van der Waals surface area contributed by atoms with Gasteiger partial charge >= 0.3 is 0 Å². The monoisotopic (exact) mass is 345 g/mol. The fraction of sp³-hybridized carbons (Fsp3) is 0.312. The summed E-state index contributed by atoms with van der Waals surface area (Å²) in [5.41, 5.74) is 3.59. The molecule has 1 aromatic heterocycles. The predicted octanol–water partition coefficient (Wildman–Crippen LogP) is 2.87. The van der Waals surface area contributed by atoms with Gasteiger partial charge in [0.25, 0.3) is 0 Å². The van der Waals surface area contributed by atoms with Crippen molar-refractivity contribution in [3.63, 3.8) is 0 Å². The van der Waals surface area contributed by atoms with Gasteiger partial charge in [0.1, 0.15) is 5.75 Å². The molecule has 1 heterocycles. The summed E-state index contributed by atoms with van der Waals surface area (Å²) in [6.45, 7) is 6.41. The van der Waals surface area contributed by atoms with Crippen molar-refractivity contribution in [2.24, 2.45) is 7.05 Å². The molecule has 20 heavy (non-hydrogen) atoms. The molecule has 0 unspecified atom stereocenters. The third-order valence-electron chi connectivity index (χ3n) is 3.17. The topological polar surface area (TPSA) is 31.2 Å². The minimum atomic E-state index is 0. The van der Waals surface area contributed by atoms with Gasteiger partial charge in [-0.15, -0.1) is 6.07 Å². The maximum atomic E-state index is 12.0. The van der Waals surface area contributed by atoms with Crippen molar-refractivity contribution in [1.29, 1.82) is 0 Å². The van der Waals surface area contributed by atoms with Gasteiger partial charge in [-0.2, -0.15) is 12.1 Å². The number of aryl methyl sites for hydroxylation is 2. The van der Waals surface area contributed by atoms with E-state index in [0.29, 0.717) is 12.2 Å². The Balaban J connectivity index is 0.00000200. The maximum absolute atomic E-state index is 12.0. The summed E-state index contributed by atoms with van der Waals surface area (Å²) in [6.07, 6.45) is 0. The Morgan fingerprint density at radius 3 is 2.55 bits per heavy atom. The summed E-state index contributed by atoms with van der Waals surface area (Å²) in [4.78, 5) is 12.0. The first-order valence-corrected chi connectivity index (χ1v) is 6.36. The Hall–Kier alpha value is -0.926. The fourth-order valence-corrected chi connectivity index (χ4v) is 2.12. The van der Waals surface area contributed by atoms with Gasteiger partial charge in [0.05, 0.1) is 6.61 Å². The van der Waals surface area contributed by atoms with E-state index < -0.39 is 0 Å². The second-order valence-electron chi connectivity index (χ2n) is 4.59. The van der Waals surface area contributed by atoms with Crippen molar-refractivity contribution in [3.8, 4) is 17.0 Å². The Morgan fingerprint density at radius 1 is 1.25 bits per heavy atom. The van der Waals surface area contributed by atoms with E-state index in [4.69, 9.17) is 4.74 Å². The van der Waals surface area contributed by atoms with Crippen molar-refractivity contribution in [3.05, 3.63) is 51.8 Å². The Morgan fingerprint density at radius 2 is 1.95 bits per heavy atom. The minimum Gasteiger partial charge on any atom is -0.494 e. The van der Waals surface area contributed by atoms with Crippen LogP contribution in [0.4, 0.5) is 0 Å². The molecule has 0 fully saturated rings. The second-order valence-corrected chi connectivity index (χ2v) is 4.59. The Bertz CT molecular complexity index is 662. The standard InChI is InChI=1S/C16H18NO2.Y/c1-5-19-13-7-8-14(12(3)10-13)15-9-6-11(2)16(18)17(15)4;/h6-8,10H,5H2,1-4H3;/q-1;. The molecular formula is C16H18NO2Y-. The molecule has 0 aliphatic heterocycles. The van der Waals surface area contributed by atoms with Crippen LogP contribution >= 0.6 is 0 Å². The first-order chi connectivity index (χ1) is 9.04. The van der Waals surface area contributed by atoms with Gasteiger partial charge in [-0.3, -0.25) is 4.79 Å². The number of aromatic nitrogens is 1. The summed E-state index contributed by atoms with van der Waals surface area (Å²) in [6, 6.07) is 10.8. The molecule has 0 atom stereocenters. The van der Waals surface area contributed by atoms with Crippen LogP contribution in [0.25, 0.3) is 11.3 Å². The van der Waals surface area contributed by atoms with E-state index in [1.807, 2.05) is 32.0 Å². The Kier molecular flexibility index (Phi) is 6.16. The van der Waals surface area contributed by atoms with Crippen LogP contribution in [0.2, 0.25) is 0 Å². The number of hydrogen-bond donors (Lipinski definition) is 0. The third-order valence-corrected chi connectivity index (χ3v) is 3.17. The number of nitrogens with zero attached hydrogens (tertiary/aromatic N) is 1. The van der Waals surface area contributed by atoms with E-state index in [9.17, 15) is 4.79 Å². The first-order valence-electron chi connectivity index (χ1n) is 6.36. The van der Waals surface area contributed by atoms with E-state index in [1.165, 1.54) is 0 Å². The molecule has 2 aromatic rings. The molecule has 0 saturated carbocycles. The second kappa shape index (κ2) is 7.19. The molecule has 103 valence electrons. The number of hydrogen-bond acceptors (Lipinski definition) is 2. The molecule has 3 nitrogen and oxygen atoms in total. The van der Waals surface area contributed by atoms with Crippen LogP contribution in [0.5, 0.6) is 5.75 Å². The number of benzene rings is 1. The van der Waals surface area contributed by atoms with Gasteiger partial charge in [0.2, 0.25) is 0 Å². The number of rotatable bonds is 3. The van der Waals surface area contributed by atoms with Crippen molar-refractivity contribution in [2.45, 2.75) is 20.8 Å².